The lowest BCUT2D eigenvalue weighted by Crippen LogP contribution is -2.12. The summed E-state index contributed by atoms with van der Waals surface area (Å²) in [6, 6.07) is 0. The van der Waals surface area contributed by atoms with Crippen molar-refractivity contribution in [1.29, 1.82) is 0 Å². The van der Waals surface area contributed by atoms with E-state index in [-0.39, 0.29) is 5.69 Å². The Morgan fingerprint density at radius 2 is 2.42 bits per heavy atom. The number of hydrogen-bond donors (Lipinski definition) is 1. The van der Waals surface area contributed by atoms with Gasteiger partial charge >= 0.3 is 5.97 Å². The highest BCUT2D eigenvalue weighted by Crippen LogP contribution is 2.03. The van der Waals surface area contributed by atoms with Gasteiger partial charge in [-0.1, -0.05) is 0 Å². The molecule has 1 aromatic heterocycles. The molecule has 66 valence electrons. The van der Waals surface area contributed by atoms with Crippen LogP contribution in [0.15, 0.2) is 12.5 Å². The third-order valence-electron chi connectivity index (χ3n) is 1.27. The molecule has 4 nitrogen and oxygen atoms in total. The third-order valence-corrected chi connectivity index (χ3v) is 1.27. The zero-order valence-electron chi connectivity index (χ0n) is 5.94. The molecule has 0 unspecified atom stereocenters. The first kappa shape index (κ1) is 8.63. The zero-order chi connectivity index (χ0) is 9.14. The fraction of sp³-hybridized carbons (Fsp3) is 0.333. The lowest BCUT2D eigenvalue weighted by molar-refractivity contribution is 0.0676. The maximum atomic E-state index is 11.8. The number of carboxylic acid groups (broad SMARTS) is 1. The molecule has 0 bridgehead atoms. The van der Waals surface area contributed by atoms with Crippen molar-refractivity contribution in [3.63, 3.8) is 0 Å². The fourth-order valence-corrected chi connectivity index (χ4v) is 0.793. The standard InChI is InChI=1S/C6H6F2N2O2/c7-5(8)2-10-3-9-1-4(10)6(11)12/h1,3,5H,2H2,(H,11,12). The van der Waals surface area contributed by atoms with E-state index in [4.69, 9.17) is 5.11 Å². The van der Waals surface area contributed by atoms with Crippen LogP contribution >= 0.6 is 0 Å². The molecule has 0 radical (unpaired) electrons. The molecule has 0 aromatic carbocycles. The highest BCUT2D eigenvalue weighted by molar-refractivity contribution is 5.85. The smallest absolute Gasteiger partial charge is 0.354 e. The van der Waals surface area contributed by atoms with Crippen LogP contribution in [0.2, 0.25) is 0 Å². The predicted octanol–water partition coefficient (Wildman–Crippen LogP) is 0.846. The van der Waals surface area contributed by atoms with E-state index in [9.17, 15) is 13.6 Å². The molecule has 0 aliphatic carbocycles. The number of aromatic nitrogens is 2. The van der Waals surface area contributed by atoms with Gasteiger partial charge in [-0.3, -0.25) is 0 Å². The number of aromatic carboxylic acids is 1. The molecular formula is C6H6F2N2O2. The van der Waals surface area contributed by atoms with E-state index in [1.165, 1.54) is 0 Å². The van der Waals surface area contributed by atoms with Crippen LogP contribution < -0.4 is 0 Å². The summed E-state index contributed by atoms with van der Waals surface area (Å²) in [4.78, 5) is 13.8. The summed E-state index contributed by atoms with van der Waals surface area (Å²) < 4.78 is 24.5. The van der Waals surface area contributed by atoms with Gasteiger partial charge in [0.05, 0.1) is 19.1 Å². The van der Waals surface area contributed by atoms with Crippen LogP contribution in [-0.4, -0.2) is 27.1 Å². The van der Waals surface area contributed by atoms with E-state index in [2.05, 4.69) is 4.98 Å². The maximum Gasteiger partial charge on any atom is 0.354 e. The van der Waals surface area contributed by atoms with Crippen LogP contribution in [-0.2, 0) is 6.54 Å². The van der Waals surface area contributed by atoms with Gasteiger partial charge in [-0.2, -0.15) is 0 Å². The first-order valence-corrected chi connectivity index (χ1v) is 3.13. The van der Waals surface area contributed by atoms with Gasteiger partial charge in [-0.25, -0.2) is 18.6 Å². The van der Waals surface area contributed by atoms with E-state index < -0.39 is 18.9 Å². The molecule has 0 amide bonds. The number of rotatable bonds is 3. The van der Waals surface area contributed by atoms with Crippen molar-refractivity contribution < 1.29 is 18.7 Å². The van der Waals surface area contributed by atoms with Crippen LogP contribution in [0.25, 0.3) is 0 Å². The average Bonchev–Trinajstić information content (AvgIpc) is 2.33. The summed E-state index contributed by atoms with van der Waals surface area (Å²) in [5.41, 5.74) is -0.227. The summed E-state index contributed by atoms with van der Waals surface area (Å²) in [5.74, 6) is -1.26. The Labute approximate surface area is 66.5 Å². The van der Waals surface area contributed by atoms with E-state index in [0.29, 0.717) is 0 Å². The number of imidazole rings is 1. The van der Waals surface area contributed by atoms with Crippen LogP contribution in [0.1, 0.15) is 10.5 Å². The van der Waals surface area contributed by atoms with Crippen LogP contribution in [0, 0.1) is 0 Å². The quantitative estimate of drug-likeness (QED) is 0.742. The highest BCUT2D eigenvalue weighted by atomic mass is 19.3. The van der Waals surface area contributed by atoms with Gasteiger partial charge in [0.25, 0.3) is 6.43 Å². The van der Waals surface area contributed by atoms with Gasteiger partial charge in [0.15, 0.2) is 0 Å². The van der Waals surface area contributed by atoms with Gasteiger partial charge in [-0.15, -0.1) is 0 Å². The zero-order valence-corrected chi connectivity index (χ0v) is 5.94. The number of carboxylic acids is 1. The van der Waals surface area contributed by atoms with Gasteiger partial charge in [0, 0.05) is 0 Å². The van der Waals surface area contributed by atoms with Gasteiger partial charge < -0.3 is 9.67 Å². The molecule has 1 rings (SSSR count). The second kappa shape index (κ2) is 3.29. The summed E-state index contributed by atoms with van der Waals surface area (Å²) in [5, 5.41) is 8.46. The summed E-state index contributed by atoms with van der Waals surface area (Å²) >= 11 is 0. The molecule has 0 fully saturated rings. The van der Waals surface area contributed by atoms with Gasteiger partial charge in [-0.05, 0) is 0 Å². The van der Waals surface area contributed by atoms with Gasteiger partial charge in [0.2, 0.25) is 0 Å². The van der Waals surface area contributed by atoms with Crippen molar-refractivity contribution in [3.8, 4) is 0 Å². The van der Waals surface area contributed by atoms with Crippen molar-refractivity contribution in [3.05, 3.63) is 18.2 Å². The lowest BCUT2D eigenvalue weighted by Gasteiger charge is -2.02. The minimum atomic E-state index is -2.57. The summed E-state index contributed by atoms with van der Waals surface area (Å²) in [6.45, 7) is -0.637. The monoisotopic (exact) mass is 176 g/mol. The molecule has 0 saturated carbocycles. The largest absolute Gasteiger partial charge is 0.477 e. The normalized spacial score (nSPS) is 10.6. The molecule has 0 atom stereocenters. The number of halogens is 2. The number of nitrogens with zero attached hydrogens (tertiary/aromatic N) is 2. The molecule has 1 N–H and O–H groups in total. The molecule has 1 aromatic rings. The van der Waals surface area contributed by atoms with Crippen molar-refractivity contribution in [2.75, 3.05) is 0 Å². The Bertz CT molecular complexity index is 285. The molecular weight excluding hydrogens is 170 g/mol. The second-order valence-electron chi connectivity index (χ2n) is 2.13. The second-order valence-corrected chi connectivity index (χ2v) is 2.13. The number of alkyl halides is 2. The van der Waals surface area contributed by atoms with E-state index >= 15 is 0 Å². The molecule has 0 aliphatic heterocycles. The van der Waals surface area contributed by atoms with Crippen molar-refractivity contribution in [2.45, 2.75) is 13.0 Å². The minimum absolute atomic E-state index is 0.227. The van der Waals surface area contributed by atoms with Crippen molar-refractivity contribution >= 4 is 5.97 Å². The lowest BCUT2D eigenvalue weighted by atomic mass is 10.4. The predicted molar refractivity (Wildman–Crippen MR) is 35.2 cm³/mol. The minimum Gasteiger partial charge on any atom is -0.477 e. The third kappa shape index (κ3) is 1.77. The summed E-state index contributed by atoms with van der Waals surface area (Å²) in [6.07, 6.45) is -0.474. The van der Waals surface area contributed by atoms with E-state index in [1.807, 2.05) is 0 Å². The van der Waals surface area contributed by atoms with E-state index in [0.717, 1.165) is 17.1 Å². The highest BCUT2D eigenvalue weighted by Gasteiger charge is 2.12. The molecule has 1 heterocycles. The number of carbonyl (C=O) groups is 1. The molecule has 6 heteroatoms. The number of hydrogen-bond acceptors (Lipinski definition) is 2. The average molecular weight is 176 g/mol. The first-order valence-electron chi connectivity index (χ1n) is 3.13. The molecule has 0 spiro atoms. The van der Waals surface area contributed by atoms with Crippen LogP contribution in [0.5, 0.6) is 0 Å². The van der Waals surface area contributed by atoms with E-state index in [1.54, 1.807) is 0 Å². The molecule has 0 saturated heterocycles. The van der Waals surface area contributed by atoms with Crippen LogP contribution in [0.4, 0.5) is 8.78 Å². The maximum absolute atomic E-state index is 11.8. The fourth-order valence-electron chi connectivity index (χ4n) is 0.793. The molecule has 0 aliphatic rings. The Morgan fingerprint density at radius 3 is 2.92 bits per heavy atom. The Hall–Kier alpha value is -1.46. The topological polar surface area (TPSA) is 55.1 Å². The Balaban J connectivity index is 2.84. The van der Waals surface area contributed by atoms with Crippen LogP contribution in [0.3, 0.4) is 0 Å². The SMILES string of the molecule is O=C(O)c1cncn1CC(F)F. The summed E-state index contributed by atoms with van der Waals surface area (Å²) in [7, 11) is 0. The van der Waals surface area contributed by atoms with Crippen molar-refractivity contribution in [2.24, 2.45) is 0 Å². The van der Waals surface area contributed by atoms with Gasteiger partial charge in [0.1, 0.15) is 5.69 Å². The van der Waals surface area contributed by atoms with Crippen molar-refractivity contribution in [1.82, 2.24) is 9.55 Å². The Morgan fingerprint density at radius 1 is 1.75 bits per heavy atom. The molecule has 12 heavy (non-hydrogen) atoms. The Kier molecular flexibility index (Phi) is 2.37. The first-order chi connectivity index (χ1) is 5.61.